The van der Waals surface area contributed by atoms with Crippen molar-refractivity contribution < 1.29 is 9.72 Å². The molecule has 1 N–H and O–H groups in total. The lowest BCUT2D eigenvalue weighted by Crippen LogP contribution is -2.14. The van der Waals surface area contributed by atoms with Gasteiger partial charge in [-0.25, -0.2) is 4.68 Å². The summed E-state index contributed by atoms with van der Waals surface area (Å²) in [5, 5.41) is 21.2. The number of hydrogen-bond acceptors (Lipinski definition) is 5. The lowest BCUT2D eigenvalue weighted by atomic mass is 10.2. The number of aromatic nitrogens is 3. The van der Waals surface area contributed by atoms with Crippen LogP contribution in [-0.2, 0) is 0 Å². The maximum Gasteiger partial charge on any atom is 0.278 e. The van der Waals surface area contributed by atoms with E-state index in [1.807, 2.05) is 30.3 Å². The first-order chi connectivity index (χ1) is 11.6. The Bertz CT molecular complexity index is 888. The molecule has 0 fully saturated rings. The number of non-ortho nitro benzene ring substituents is 1. The van der Waals surface area contributed by atoms with Gasteiger partial charge in [-0.2, -0.15) is 0 Å². The van der Waals surface area contributed by atoms with E-state index in [9.17, 15) is 14.9 Å². The average molecular weight is 323 g/mol. The van der Waals surface area contributed by atoms with Gasteiger partial charge in [0.05, 0.1) is 16.3 Å². The van der Waals surface area contributed by atoms with Crippen molar-refractivity contribution >= 4 is 17.3 Å². The molecule has 3 aromatic rings. The predicted molar refractivity (Wildman–Crippen MR) is 87.1 cm³/mol. The largest absolute Gasteiger partial charge is 0.321 e. The highest BCUT2D eigenvalue weighted by atomic mass is 16.6. The summed E-state index contributed by atoms with van der Waals surface area (Å²) >= 11 is 0. The van der Waals surface area contributed by atoms with Gasteiger partial charge in [-0.1, -0.05) is 23.4 Å². The van der Waals surface area contributed by atoms with Crippen molar-refractivity contribution in [2.75, 3.05) is 5.32 Å². The van der Waals surface area contributed by atoms with Crippen LogP contribution in [0.1, 0.15) is 16.2 Å². The van der Waals surface area contributed by atoms with E-state index in [4.69, 9.17) is 0 Å². The van der Waals surface area contributed by atoms with Crippen molar-refractivity contribution in [3.8, 4) is 5.69 Å². The molecule has 8 nitrogen and oxygen atoms in total. The second kappa shape index (κ2) is 6.29. The summed E-state index contributed by atoms with van der Waals surface area (Å²) in [6.45, 7) is 1.75. The lowest BCUT2D eigenvalue weighted by molar-refractivity contribution is -0.384. The Hall–Kier alpha value is -3.55. The fourth-order valence-electron chi connectivity index (χ4n) is 2.21. The molecule has 2 aromatic carbocycles. The van der Waals surface area contributed by atoms with Gasteiger partial charge in [-0.3, -0.25) is 14.9 Å². The van der Waals surface area contributed by atoms with Crippen LogP contribution < -0.4 is 5.32 Å². The number of amides is 1. The molecule has 120 valence electrons. The molecule has 0 atom stereocenters. The van der Waals surface area contributed by atoms with E-state index in [2.05, 4.69) is 15.6 Å². The maximum absolute atomic E-state index is 12.3. The van der Waals surface area contributed by atoms with Crippen molar-refractivity contribution in [3.63, 3.8) is 0 Å². The number of rotatable bonds is 4. The molecule has 0 spiro atoms. The third-order valence-electron chi connectivity index (χ3n) is 3.45. The fraction of sp³-hybridized carbons (Fsp3) is 0.0625. The summed E-state index contributed by atoms with van der Waals surface area (Å²) in [5.41, 5.74) is 1.99. The van der Waals surface area contributed by atoms with Crippen LogP contribution in [-0.4, -0.2) is 25.8 Å². The number of para-hydroxylation sites is 1. The SMILES string of the molecule is Cc1c(C(=O)Nc2ccc([N+](=O)[O-])cc2)nnn1-c1ccccc1. The summed E-state index contributed by atoms with van der Waals surface area (Å²) in [6.07, 6.45) is 0. The van der Waals surface area contributed by atoms with E-state index < -0.39 is 10.8 Å². The van der Waals surface area contributed by atoms with Crippen LogP contribution in [0.25, 0.3) is 5.69 Å². The number of nitrogens with one attached hydrogen (secondary N) is 1. The molecule has 0 radical (unpaired) electrons. The molecule has 0 saturated carbocycles. The summed E-state index contributed by atoms with van der Waals surface area (Å²) < 4.78 is 1.57. The van der Waals surface area contributed by atoms with Gasteiger partial charge in [0.25, 0.3) is 11.6 Å². The van der Waals surface area contributed by atoms with Crippen molar-refractivity contribution in [2.24, 2.45) is 0 Å². The van der Waals surface area contributed by atoms with Crippen molar-refractivity contribution in [1.29, 1.82) is 0 Å². The smallest absolute Gasteiger partial charge is 0.278 e. The average Bonchev–Trinajstić information content (AvgIpc) is 2.98. The molecule has 3 rings (SSSR count). The third-order valence-corrected chi connectivity index (χ3v) is 3.45. The standard InChI is InChI=1S/C16H13N5O3/c1-11-15(18-19-20(11)13-5-3-2-4-6-13)16(22)17-12-7-9-14(10-8-12)21(23)24/h2-10H,1H3,(H,17,22). The van der Waals surface area contributed by atoms with Gasteiger partial charge < -0.3 is 5.32 Å². The van der Waals surface area contributed by atoms with E-state index in [0.717, 1.165) is 5.69 Å². The highest BCUT2D eigenvalue weighted by Crippen LogP contribution is 2.17. The van der Waals surface area contributed by atoms with Crippen LogP contribution in [0, 0.1) is 17.0 Å². The Kier molecular flexibility index (Phi) is 4.02. The first kappa shape index (κ1) is 15.3. The van der Waals surface area contributed by atoms with Gasteiger partial charge in [-0.15, -0.1) is 5.10 Å². The van der Waals surface area contributed by atoms with E-state index in [-0.39, 0.29) is 11.4 Å². The van der Waals surface area contributed by atoms with E-state index >= 15 is 0 Å². The van der Waals surface area contributed by atoms with E-state index in [0.29, 0.717) is 11.4 Å². The number of nitro groups is 1. The zero-order chi connectivity index (χ0) is 17.1. The Morgan fingerprint density at radius 2 is 1.79 bits per heavy atom. The molecule has 0 aliphatic rings. The molecule has 1 heterocycles. The molecule has 0 aliphatic carbocycles. The number of hydrogen-bond donors (Lipinski definition) is 1. The Morgan fingerprint density at radius 3 is 2.42 bits per heavy atom. The second-order valence-corrected chi connectivity index (χ2v) is 5.03. The van der Waals surface area contributed by atoms with Gasteiger partial charge in [0, 0.05) is 17.8 Å². The molecule has 0 unspecified atom stereocenters. The monoisotopic (exact) mass is 323 g/mol. The quantitative estimate of drug-likeness (QED) is 0.587. The van der Waals surface area contributed by atoms with Crippen LogP contribution in [0.15, 0.2) is 54.6 Å². The van der Waals surface area contributed by atoms with Gasteiger partial charge >= 0.3 is 0 Å². The van der Waals surface area contributed by atoms with Gasteiger partial charge in [0.15, 0.2) is 5.69 Å². The van der Waals surface area contributed by atoms with Crippen LogP contribution in [0.5, 0.6) is 0 Å². The molecule has 0 bridgehead atoms. The molecule has 24 heavy (non-hydrogen) atoms. The summed E-state index contributed by atoms with van der Waals surface area (Å²) in [6, 6.07) is 14.9. The minimum absolute atomic E-state index is 0.0424. The molecule has 0 saturated heterocycles. The molecule has 1 amide bonds. The zero-order valence-corrected chi connectivity index (χ0v) is 12.7. The second-order valence-electron chi connectivity index (χ2n) is 5.03. The number of carbonyl (C=O) groups is 1. The van der Waals surface area contributed by atoms with Crippen LogP contribution >= 0.6 is 0 Å². The predicted octanol–water partition coefficient (Wildman–Crippen LogP) is 2.74. The normalized spacial score (nSPS) is 10.4. The molecule has 8 heteroatoms. The zero-order valence-electron chi connectivity index (χ0n) is 12.7. The third kappa shape index (κ3) is 2.98. The topological polar surface area (TPSA) is 103 Å². The first-order valence-electron chi connectivity index (χ1n) is 7.10. The highest BCUT2D eigenvalue weighted by molar-refractivity contribution is 6.03. The molecular weight excluding hydrogens is 310 g/mol. The molecule has 0 aliphatic heterocycles. The minimum Gasteiger partial charge on any atom is -0.321 e. The number of nitro benzene ring substituents is 1. The molecular formula is C16H13N5O3. The van der Waals surface area contributed by atoms with Gasteiger partial charge in [0.1, 0.15) is 0 Å². The van der Waals surface area contributed by atoms with Crippen molar-refractivity contribution in [3.05, 3.63) is 76.1 Å². The number of nitrogens with zero attached hydrogens (tertiary/aromatic N) is 4. The summed E-state index contributed by atoms with van der Waals surface area (Å²) in [5.74, 6) is -0.427. The Labute approximate surface area is 136 Å². The van der Waals surface area contributed by atoms with Crippen molar-refractivity contribution in [2.45, 2.75) is 6.92 Å². The molecule has 1 aromatic heterocycles. The van der Waals surface area contributed by atoms with Crippen LogP contribution in [0.2, 0.25) is 0 Å². The minimum atomic E-state index is -0.499. The lowest BCUT2D eigenvalue weighted by Gasteiger charge is -2.05. The number of carbonyl (C=O) groups excluding carboxylic acids is 1. The van der Waals surface area contributed by atoms with Crippen molar-refractivity contribution in [1.82, 2.24) is 15.0 Å². The fourth-order valence-corrected chi connectivity index (χ4v) is 2.21. The number of benzene rings is 2. The van der Waals surface area contributed by atoms with Gasteiger partial charge in [0.2, 0.25) is 0 Å². The van der Waals surface area contributed by atoms with Crippen LogP contribution in [0.4, 0.5) is 11.4 Å². The van der Waals surface area contributed by atoms with Crippen LogP contribution in [0.3, 0.4) is 0 Å². The summed E-state index contributed by atoms with van der Waals surface area (Å²) in [4.78, 5) is 22.5. The van der Waals surface area contributed by atoms with Gasteiger partial charge in [-0.05, 0) is 31.2 Å². The number of anilines is 1. The van der Waals surface area contributed by atoms with E-state index in [1.165, 1.54) is 24.3 Å². The highest BCUT2D eigenvalue weighted by Gasteiger charge is 2.17. The maximum atomic E-state index is 12.3. The summed E-state index contributed by atoms with van der Waals surface area (Å²) in [7, 11) is 0. The Balaban J connectivity index is 1.81. The first-order valence-corrected chi connectivity index (χ1v) is 7.10. The Morgan fingerprint density at radius 1 is 1.12 bits per heavy atom. The van der Waals surface area contributed by atoms with E-state index in [1.54, 1.807) is 11.6 Å².